The van der Waals surface area contributed by atoms with E-state index in [0.29, 0.717) is 26.1 Å². The second kappa shape index (κ2) is 5.84. The molecule has 0 saturated heterocycles. The maximum absolute atomic E-state index is 11.6. The molecule has 0 spiro atoms. The monoisotopic (exact) mass is 229 g/mol. The van der Waals surface area contributed by atoms with E-state index in [0.717, 1.165) is 0 Å². The Kier molecular flexibility index (Phi) is 4.73. The van der Waals surface area contributed by atoms with Gasteiger partial charge in [-0.05, 0) is 26.7 Å². The van der Waals surface area contributed by atoms with E-state index < -0.39 is 11.8 Å². The molecule has 2 atom stereocenters. The van der Waals surface area contributed by atoms with Crippen LogP contribution in [0, 0.1) is 11.8 Å². The number of esters is 2. The van der Waals surface area contributed by atoms with Crippen LogP contribution in [0.3, 0.4) is 0 Å². The fourth-order valence-electron chi connectivity index (χ4n) is 2.10. The summed E-state index contributed by atoms with van der Waals surface area (Å²) in [6.07, 6.45) is 1.00. The van der Waals surface area contributed by atoms with Crippen LogP contribution in [0.2, 0.25) is 0 Å². The van der Waals surface area contributed by atoms with Crippen molar-refractivity contribution in [1.29, 1.82) is 0 Å². The Morgan fingerprint density at radius 1 is 1.06 bits per heavy atom. The van der Waals surface area contributed by atoms with Crippen molar-refractivity contribution in [3.05, 3.63) is 0 Å². The average Bonchev–Trinajstić information content (AvgIpc) is 2.61. The zero-order valence-electron chi connectivity index (χ0n) is 9.77. The maximum Gasteiger partial charge on any atom is 0.309 e. The van der Waals surface area contributed by atoms with Crippen molar-refractivity contribution < 1.29 is 19.1 Å². The van der Waals surface area contributed by atoms with Crippen molar-refractivity contribution in [2.75, 3.05) is 13.2 Å². The SMILES string of the molecule is CCOC(=O)C1CC(N)CC1C(=O)OCC. The predicted octanol–water partition coefficient (Wildman–Crippen LogP) is 0.466. The molecule has 0 aromatic rings. The van der Waals surface area contributed by atoms with Gasteiger partial charge >= 0.3 is 11.9 Å². The van der Waals surface area contributed by atoms with Crippen LogP contribution in [0.4, 0.5) is 0 Å². The van der Waals surface area contributed by atoms with E-state index in [-0.39, 0.29) is 18.0 Å². The molecular formula is C11H19NO4. The lowest BCUT2D eigenvalue weighted by atomic mass is 9.96. The number of ether oxygens (including phenoxy) is 2. The third-order valence-electron chi connectivity index (χ3n) is 2.78. The van der Waals surface area contributed by atoms with Crippen LogP contribution in [-0.2, 0) is 19.1 Å². The molecule has 1 saturated carbocycles. The molecule has 1 fully saturated rings. The molecule has 5 nitrogen and oxygen atoms in total. The lowest BCUT2D eigenvalue weighted by molar-refractivity contribution is -0.158. The molecule has 5 heteroatoms. The van der Waals surface area contributed by atoms with Gasteiger partial charge < -0.3 is 15.2 Å². The van der Waals surface area contributed by atoms with Crippen molar-refractivity contribution in [1.82, 2.24) is 0 Å². The van der Waals surface area contributed by atoms with E-state index in [4.69, 9.17) is 15.2 Å². The normalized spacial score (nSPS) is 28.8. The highest BCUT2D eigenvalue weighted by Gasteiger charge is 2.43. The van der Waals surface area contributed by atoms with Gasteiger partial charge in [-0.2, -0.15) is 0 Å². The van der Waals surface area contributed by atoms with E-state index in [1.807, 2.05) is 0 Å². The van der Waals surface area contributed by atoms with Gasteiger partial charge in [-0.15, -0.1) is 0 Å². The van der Waals surface area contributed by atoms with Gasteiger partial charge in [0, 0.05) is 6.04 Å². The van der Waals surface area contributed by atoms with Crippen LogP contribution in [-0.4, -0.2) is 31.2 Å². The summed E-state index contributed by atoms with van der Waals surface area (Å²) in [6.45, 7) is 4.12. The molecule has 1 aliphatic carbocycles. The highest BCUT2D eigenvalue weighted by molar-refractivity contribution is 5.83. The zero-order valence-corrected chi connectivity index (χ0v) is 9.77. The molecule has 0 bridgehead atoms. The van der Waals surface area contributed by atoms with Gasteiger partial charge in [0.15, 0.2) is 0 Å². The number of carbonyl (C=O) groups excluding carboxylic acids is 2. The van der Waals surface area contributed by atoms with Crippen molar-refractivity contribution in [3.8, 4) is 0 Å². The second-order valence-electron chi connectivity index (χ2n) is 3.95. The Labute approximate surface area is 95.3 Å². The van der Waals surface area contributed by atoms with Crippen molar-refractivity contribution in [2.45, 2.75) is 32.7 Å². The Bertz CT molecular complexity index is 241. The van der Waals surface area contributed by atoms with Gasteiger partial charge in [0.2, 0.25) is 0 Å². The zero-order chi connectivity index (χ0) is 12.1. The molecule has 2 unspecified atom stereocenters. The van der Waals surface area contributed by atoms with E-state index in [2.05, 4.69) is 0 Å². The van der Waals surface area contributed by atoms with Crippen LogP contribution in [0.25, 0.3) is 0 Å². The predicted molar refractivity (Wildman–Crippen MR) is 57.5 cm³/mol. The first-order chi connectivity index (χ1) is 7.60. The van der Waals surface area contributed by atoms with Crippen LogP contribution in [0.5, 0.6) is 0 Å². The molecule has 16 heavy (non-hydrogen) atoms. The molecule has 0 aliphatic heterocycles. The quantitative estimate of drug-likeness (QED) is 0.709. The van der Waals surface area contributed by atoms with Crippen molar-refractivity contribution >= 4 is 11.9 Å². The molecule has 0 heterocycles. The fraction of sp³-hybridized carbons (Fsp3) is 0.818. The van der Waals surface area contributed by atoms with Crippen LogP contribution >= 0.6 is 0 Å². The summed E-state index contributed by atoms with van der Waals surface area (Å²) in [5.74, 6) is -1.55. The number of hydrogen-bond acceptors (Lipinski definition) is 5. The van der Waals surface area contributed by atoms with E-state index in [1.54, 1.807) is 13.8 Å². The smallest absolute Gasteiger partial charge is 0.309 e. The number of rotatable bonds is 4. The first kappa shape index (κ1) is 13.0. The lowest BCUT2D eigenvalue weighted by Crippen LogP contribution is -2.28. The molecule has 1 rings (SSSR count). The Hall–Kier alpha value is -1.10. The van der Waals surface area contributed by atoms with E-state index >= 15 is 0 Å². The molecule has 0 aromatic heterocycles. The average molecular weight is 229 g/mol. The minimum Gasteiger partial charge on any atom is -0.466 e. The molecule has 0 amide bonds. The largest absolute Gasteiger partial charge is 0.466 e. The highest BCUT2D eigenvalue weighted by Crippen LogP contribution is 2.33. The Balaban J connectivity index is 2.66. The van der Waals surface area contributed by atoms with E-state index in [9.17, 15) is 9.59 Å². The van der Waals surface area contributed by atoms with Gasteiger partial charge in [-0.3, -0.25) is 9.59 Å². The summed E-state index contributed by atoms with van der Waals surface area (Å²) >= 11 is 0. The first-order valence-corrected chi connectivity index (χ1v) is 5.69. The van der Waals surface area contributed by atoms with Crippen LogP contribution in [0.15, 0.2) is 0 Å². The Morgan fingerprint density at radius 3 is 1.75 bits per heavy atom. The van der Waals surface area contributed by atoms with Crippen LogP contribution < -0.4 is 5.73 Å². The molecule has 2 N–H and O–H groups in total. The summed E-state index contributed by atoms with van der Waals surface area (Å²) in [4.78, 5) is 23.2. The summed E-state index contributed by atoms with van der Waals surface area (Å²) in [5, 5.41) is 0. The second-order valence-corrected chi connectivity index (χ2v) is 3.95. The van der Waals surface area contributed by atoms with Gasteiger partial charge in [0.05, 0.1) is 25.0 Å². The third kappa shape index (κ3) is 2.95. The maximum atomic E-state index is 11.6. The standard InChI is InChI=1S/C11H19NO4/c1-3-15-10(13)8-5-7(12)6-9(8)11(14)16-4-2/h7-9H,3-6,12H2,1-2H3. The molecular weight excluding hydrogens is 210 g/mol. The summed E-state index contributed by atoms with van der Waals surface area (Å²) < 4.78 is 9.86. The number of nitrogens with two attached hydrogens (primary N) is 1. The minimum absolute atomic E-state index is 0.121. The van der Waals surface area contributed by atoms with Gasteiger partial charge in [0.1, 0.15) is 0 Å². The van der Waals surface area contributed by atoms with Gasteiger partial charge in [-0.1, -0.05) is 0 Å². The molecule has 1 aliphatic rings. The van der Waals surface area contributed by atoms with Crippen LogP contribution in [0.1, 0.15) is 26.7 Å². The summed E-state index contributed by atoms with van der Waals surface area (Å²) in [5.41, 5.74) is 5.77. The van der Waals surface area contributed by atoms with E-state index in [1.165, 1.54) is 0 Å². The molecule has 92 valence electrons. The first-order valence-electron chi connectivity index (χ1n) is 5.69. The third-order valence-corrected chi connectivity index (χ3v) is 2.78. The number of hydrogen-bond donors (Lipinski definition) is 1. The fourth-order valence-corrected chi connectivity index (χ4v) is 2.10. The van der Waals surface area contributed by atoms with Gasteiger partial charge in [0.25, 0.3) is 0 Å². The number of carbonyl (C=O) groups is 2. The molecule has 0 aromatic carbocycles. The Morgan fingerprint density at radius 2 is 1.44 bits per heavy atom. The van der Waals surface area contributed by atoms with Crippen molar-refractivity contribution in [3.63, 3.8) is 0 Å². The summed E-state index contributed by atoms with van der Waals surface area (Å²) in [7, 11) is 0. The molecule has 0 radical (unpaired) electrons. The highest BCUT2D eigenvalue weighted by atomic mass is 16.5. The summed E-state index contributed by atoms with van der Waals surface area (Å²) in [6, 6.07) is -0.121. The van der Waals surface area contributed by atoms with Crippen molar-refractivity contribution in [2.24, 2.45) is 17.6 Å². The topological polar surface area (TPSA) is 78.6 Å². The minimum atomic E-state index is -0.436. The lowest BCUT2D eigenvalue weighted by Gasteiger charge is -2.16. The van der Waals surface area contributed by atoms with Gasteiger partial charge in [-0.25, -0.2) is 0 Å².